The van der Waals surface area contributed by atoms with Crippen LogP contribution in [0.25, 0.3) is 0 Å². The van der Waals surface area contributed by atoms with Gasteiger partial charge in [-0.05, 0) is 11.9 Å². The maximum absolute atomic E-state index is 10.9. The summed E-state index contributed by atoms with van der Waals surface area (Å²) in [5.74, 6) is 0.758. The van der Waals surface area contributed by atoms with Crippen LogP contribution >= 0.6 is 11.9 Å². The topological polar surface area (TPSA) is 67.8 Å². The van der Waals surface area contributed by atoms with Crippen LogP contribution in [0.2, 0.25) is 0 Å². The first kappa shape index (κ1) is 8.06. The van der Waals surface area contributed by atoms with Gasteiger partial charge in [0.2, 0.25) is 0 Å². The summed E-state index contributed by atoms with van der Waals surface area (Å²) in [5, 5.41) is 0. The molecule has 1 rings (SSSR count). The number of rotatable bonds is 2. The fraction of sp³-hybridized carbons (Fsp3) is 0.400. The lowest BCUT2D eigenvalue weighted by Crippen LogP contribution is -2.28. The highest BCUT2D eigenvalue weighted by Crippen LogP contribution is 1.95. The zero-order valence-electron chi connectivity index (χ0n) is 5.90. The molecule has 60 valence electrons. The molecule has 0 amide bonds. The average Bonchev–Trinajstić information content (AvgIpc) is 1.95. The van der Waals surface area contributed by atoms with Gasteiger partial charge in [0.05, 0.1) is 0 Å². The molecule has 0 spiro atoms. The fourth-order valence-corrected chi connectivity index (χ4v) is 1.12. The molecule has 0 saturated carbocycles. The Morgan fingerprint density at radius 3 is 3.00 bits per heavy atom. The van der Waals surface area contributed by atoms with Crippen LogP contribution in [0.15, 0.2) is 15.9 Å². The summed E-state index contributed by atoms with van der Waals surface area (Å²) in [4.78, 5) is 26.8. The molecular formula is C5H7N3O2S. The van der Waals surface area contributed by atoms with Crippen molar-refractivity contribution in [3.63, 3.8) is 0 Å². The van der Waals surface area contributed by atoms with Gasteiger partial charge in [-0.3, -0.25) is 4.98 Å². The monoisotopic (exact) mass is 173 g/mol. The minimum atomic E-state index is -0.608. The number of hydrogen-bond donors (Lipinski definition) is 1. The van der Waals surface area contributed by atoms with Gasteiger partial charge in [-0.2, -0.15) is 4.98 Å². The third-order valence-corrected chi connectivity index (χ3v) is 1.76. The molecule has 0 bridgehead atoms. The molecule has 0 unspecified atom stereocenters. The summed E-state index contributed by atoms with van der Waals surface area (Å²) in [6.45, 7) is 1.90. The van der Waals surface area contributed by atoms with E-state index < -0.39 is 11.4 Å². The number of aromatic nitrogens is 3. The van der Waals surface area contributed by atoms with E-state index in [9.17, 15) is 9.59 Å². The van der Waals surface area contributed by atoms with Gasteiger partial charge in [0.25, 0.3) is 0 Å². The van der Waals surface area contributed by atoms with E-state index in [0.717, 1.165) is 5.75 Å². The van der Waals surface area contributed by atoms with Crippen molar-refractivity contribution in [1.82, 2.24) is 13.9 Å². The summed E-state index contributed by atoms with van der Waals surface area (Å²) < 4.78 is 1.28. The molecule has 6 heteroatoms. The maximum atomic E-state index is 10.9. The van der Waals surface area contributed by atoms with Gasteiger partial charge in [-0.1, -0.05) is 6.92 Å². The van der Waals surface area contributed by atoms with Crippen LogP contribution in [-0.4, -0.2) is 19.7 Å². The van der Waals surface area contributed by atoms with Crippen molar-refractivity contribution in [1.29, 1.82) is 0 Å². The molecule has 0 radical (unpaired) electrons. The van der Waals surface area contributed by atoms with Gasteiger partial charge >= 0.3 is 11.4 Å². The van der Waals surface area contributed by atoms with Gasteiger partial charge in [0.1, 0.15) is 6.33 Å². The lowest BCUT2D eigenvalue weighted by molar-refractivity contribution is 0.897. The second-order valence-electron chi connectivity index (χ2n) is 1.72. The number of H-pyrrole nitrogens is 1. The van der Waals surface area contributed by atoms with Crippen molar-refractivity contribution in [3.05, 3.63) is 27.3 Å². The van der Waals surface area contributed by atoms with Gasteiger partial charge in [-0.25, -0.2) is 13.6 Å². The van der Waals surface area contributed by atoms with Crippen molar-refractivity contribution in [2.45, 2.75) is 6.92 Å². The van der Waals surface area contributed by atoms with E-state index in [1.165, 1.54) is 22.2 Å². The molecule has 0 aliphatic heterocycles. The smallest absolute Gasteiger partial charge is 0.257 e. The van der Waals surface area contributed by atoms with Gasteiger partial charge in [0.15, 0.2) is 0 Å². The highest BCUT2D eigenvalue weighted by atomic mass is 32.2. The third kappa shape index (κ3) is 1.94. The molecule has 0 aliphatic carbocycles. The van der Waals surface area contributed by atoms with Gasteiger partial charge in [0, 0.05) is 5.75 Å². The Bertz CT molecular complexity index is 342. The first-order valence-corrected chi connectivity index (χ1v) is 3.99. The summed E-state index contributed by atoms with van der Waals surface area (Å²) in [6, 6.07) is 0. The van der Waals surface area contributed by atoms with Crippen molar-refractivity contribution >= 4 is 11.9 Å². The van der Waals surface area contributed by atoms with E-state index in [0.29, 0.717) is 0 Å². The van der Waals surface area contributed by atoms with E-state index >= 15 is 0 Å². The molecule has 0 saturated heterocycles. The SMILES string of the molecule is CCSn1cnc(=O)[nH]c1=O. The number of nitrogens with zero attached hydrogens (tertiary/aromatic N) is 2. The molecule has 0 aromatic carbocycles. The summed E-state index contributed by atoms with van der Waals surface area (Å²) in [7, 11) is 0. The Morgan fingerprint density at radius 2 is 2.45 bits per heavy atom. The van der Waals surface area contributed by atoms with E-state index in [-0.39, 0.29) is 0 Å². The maximum Gasteiger partial charge on any atom is 0.350 e. The molecule has 1 aromatic heterocycles. The lowest BCUT2D eigenvalue weighted by Gasteiger charge is -1.96. The van der Waals surface area contributed by atoms with E-state index in [1.54, 1.807) is 0 Å². The fourth-order valence-electron chi connectivity index (χ4n) is 0.567. The number of hydrogen-bond acceptors (Lipinski definition) is 4. The highest BCUT2D eigenvalue weighted by Gasteiger charge is 1.94. The summed E-state index contributed by atoms with van der Waals surface area (Å²) in [5.41, 5.74) is -1.04. The standard InChI is InChI=1S/C5H7N3O2S/c1-2-11-8-3-6-4(9)7-5(8)10/h3H,2H2,1H3,(H,7,9,10). The Labute approximate surface area is 66.6 Å². The van der Waals surface area contributed by atoms with Crippen LogP contribution in [-0.2, 0) is 0 Å². The minimum Gasteiger partial charge on any atom is -0.257 e. The Kier molecular flexibility index (Phi) is 2.48. The normalized spacial score (nSPS) is 9.91. The molecule has 0 fully saturated rings. The summed E-state index contributed by atoms with van der Waals surface area (Å²) in [6.07, 6.45) is 1.22. The number of nitrogens with one attached hydrogen (secondary N) is 1. The molecule has 1 heterocycles. The number of aromatic amines is 1. The predicted molar refractivity (Wildman–Crippen MR) is 42.6 cm³/mol. The van der Waals surface area contributed by atoms with E-state index in [2.05, 4.69) is 4.98 Å². The Balaban J connectivity index is 3.10. The van der Waals surface area contributed by atoms with Gasteiger partial charge < -0.3 is 0 Å². The molecule has 1 N–H and O–H groups in total. The molecule has 1 aromatic rings. The van der Waals surface area contributed by atoms with Crippen LogP contribution in [0.3, 0.4) is 0 Å². The molecule has 5 nitrogen and oxygen atoms in total. The molecular weight excluding hydrogens is 166 g/mol. The van der Waals surface area contributed by atoms with E-state index in [1.807, 2.05) is 11.9 Å². The predicted octanol–water partition coefficient (Wildman–Crippen LogP) is -0.552. The van der Waals surface area contributed by atoms with E-state index in [4.69, 9.17) is 0 Å². The van der Waals surface area contributed by atoms with Crippen molar-refractivity contribution in [2.75, 3.05) is 5.75 Å². The first-order chi connectivity index (χ1) is 5.24. The second-order valence-corrected chi connectivity index (χ2v) is 2.95. The zero-order chi connectivity index (χ0) is 8.27. The Hall–Kier alpha value is -1.04. The van der Waals surface area contributed by atoms with Crippen molar-refractivity contribution in [2.24, 2.45) is 0 Å². The zero-order valence-corrected chi connectivity index (χ0v) is 6.72. The minimum absolute atomic E-state index is 0.433. The third-order valence-electron chi connectivity index (χ3n) is 0.962. The van der Waals surface area contributed by atoms with Crippen LogP contribution in [0.1, 0.15) is 6.92 Å². The lowest BCUT2D eigenvalue weighted by atomic mass is 11.0. The quantitative estimate of drug-likeness (QED) is 0.651. The van der Waals surface area contributed by atoms with Crippen LogP contribution < -0.4 is 11.4 Å². The first-order valence-electron chi connectivity index (χ1n) is 3.05. The Morgan fingerprint density at radius 1 is 1.73 bits per heavy atom. The molecule has 0 atom stereocenters. The summed E-state index contributed by atoms with van der Waals surface area (Å²) >= 11 is 1.28. The van der Waals surface area contributed by atoms with Crippen molar-refractivity contribution in [3.8, 4) is 0 Å². The van der Waals surface area contributed by atoms with Crippen LogP contribution in [0, 0.1) is 0 Å². The molecule has 0 aliphatic rings. The second kappa shape index (κ2) is 3.38. The van der Waals surface area contributed by atoms with Gasteiger partial charge in [-0.15, -0.1) is 0 Å². The molecule has 11 heavy (non-hydrogen) atoms. The van der Waals surface area contributed by atoms with Crippen LogP contribution in [0.5, 0.6) is 0 Å². The van der Waals surface area contributed by atoms with Crippen molar-refractivity contribution < 1.29 is 0 Å². The average molecular weight is 173 g/mol. The highest BCUT2D eigenvalue weighted by molar-refractivity contribution is 7.97. The largest absolute Gasteiger partial charge is 0.350 e. The van der Waals surface area contributed by atoms with Crippen LogP contribution in [0.4, 0.5) is 0 Å².